The van der Waals surface area contributed by atoms with Gasteiger partial charge in [0.1, 0.15) is 18.1 Å². The number of nitrogens with one attached hydrogen (secondary N) is 2. The Bertz CT molecular complexity index is 851. The summed E-state index contributed by atoms with van der Waals surface area (Å²) in [4.78, 5) is 4.82. The number of methoxy groups -OCH3 is 1. The van der Waals surface area contributed by atoms with Crippen LogP contribution in [0.4, 0.5) is 0 Å². The molecule has 1 aromatic carbocycles. The van der Waals surface area contributed by atoms with E-state index in [1.807, 2.05) is 30.7 Å². The molecule has 0 bridgehead atoms. The number of guanidine groups is 1. The SMILES string of the molecule is COc1ccc(CCNC(=NCc2nnc(C)n2C)NCC2(CC(C)C)CCC2)cc1. The number of aryl methyl sites for hydroxylation is 1. The van der Waals surface area contributed by atoms with E-state index in [2.05, 4.69) is 46.8 Å². The van der Waals surface area contributed by atoms with Crippen LogP contribution < -0.4 is 15.4 Å². The molecule has 1 fully saturated rings. The molecule has 1 heterocycles. The lowest BCUT2D eigenvalue weighted by molar-refractivity contribution is 0.104. The summed E-state index contributed by atoms with van der Waals surface area (Å²) in [7, 11) is 3.67. The van der Waals surface area contributed by atoms with E-state index in [0.29, 0.717) is 17.9 Å². The number of aromatic nitrogens is 3. The van der Waals surface area contributed by atoms with Crippen molar-refractivity contribution in [3.63, 3.8) is 0 Å². The van der Waals surface area contributed by atoms with Gasteiger partial charge in [-0.05, 0) is 61.6 Å². The van der Waals surface area contributed by atoms with Gasteiger partial charge in [0.2, 0.25) is 0 Å². The minimum atomic E-state index is 0.411. The van der Waals surface area contributed by atoms with Gasteiger partial charge in [-0.25, -0.2) is 4.99 Å². The molecule has 0 aliphatic heterocycles. The van der Waals surface area contributed by atoms with Crippen LogP contribution in [0.3, 0.4) is 0 Å². The Kier molecular flexibility index (Phi) is 7.93. The highest BCUT2D eigenvalue weighted by atomic mass is 16.5. The van der Waals surface area contributed by atoms with Crippen LogP contribution in [0, 0.1) is 18.3 Å². The van der Waals surface area contributed by atoms with Crippen molar-refractivity contribution in [2.45, 2.75) is 59.4 Å². The molecule has 170 valence electrons. The number of rotatable bonds is 10. The van der Waals surface area contributed by atoms with Crippen molar-refractivity contribution in [2.75, 3.05) is 20.2 Å². The van der Waals surface area contributed by atoms with Crippen molar-refractivity contribution >= 4 is 5.96 Å². The van der Waals surface area contributed by atoms with Gasteiger partial charge in [-0.2, -0.15) is 0 Å². The third kappa shape index (κ3) is 6.45. The Hall–Kier alpha value is -2.57. The van der Waals surface area contributed by atoms with E-state index in [1.165, 1.54) is 31.2 Å². The number of benzene rings is 1. The summed E-state index contributed by atoms with van der Waals surface area (Å²) < 4.78 is 7.24. The van der Waals surface area contributed by atoms with E-state index in [1.54, 1.807) is 7.11 Å². The van der Waals surface area contributed by atoms with E-state index >= 15 is 0 Å². The summed E-state index contributed by atoms with van der Waals surface area (Å²) in [5.41, 5.74) is 1.68. The lowest BCUT2D eigenvalue weighted by atomic mass is 9.64. The van der Waals surface area contributed by atoms with E-state index in [-0.39, 0.29) is 0 Å². The second-order valence-corrected chi connectivity index (χ2v) is 9.22. The first-order valence-electron chi connectivity index (χ1n) is 11.4. The molecule has 2 N–H and O–H groups in total. The number of hydrogen-bond donors (Lipinski definition) is 2. The van der Waals surface area contributed by atoms with Crippen molar-refractivity contribution in [3.05, 3.63) is 41.5 Å². The molecule has 2 aromatic rings. The smallest absolute Gasteiger partial charge is 0.191 e. The highest BCUT2D eigenvalue weighted by Crippen LogP contribution is 2.45. The van der Waals surface area contributed by atoms with Crippen molar-refractivity contribution in [1.82, 2.24) is 25.4 Å². The Morgan fingerprint density at radius 2 is 1.94 bits per heavy atom. The fourth-order valence-electron chi connectivity index (χ4n) is 4.30. The second-order valence-electron chi connectivity index (χ2n) is 9.22. The third-order valence-electron chi connectivity index (χ3n) is 6.31. The molecule has 0 unspecified atom stereocenters. The fourth-order valence-corrected chi connectivity index (χ4v) is 4.30. The highest BCUT2D eigenvalue weighted by Gasteiger charge is 2.37. The van der Waals surface area contributed by atoms with E-state index < -0.39 is 0 Å². The Morgan fingerprint density at radius 1 is 1.19 bits per heavy atom. The molecular weight excluding hydrogens is 388 g/mol. The summed E-state index contributed by atoms with van der Waals surface area (Å²) in [6.07, 6.45) is 6.13. The summed E-state index contributed by atoms with van der Waals surface area (Å²) >= 11 is 0. The zero-order chi connectivity index (χ0) is 22.3. The van der Waals surface area contributed by atoms with Crippen LogP contribution in [0.5, 0.6) is 5.75 Å². The van der Waals surface area contributed by atoms with Gasteiger partial charge in [0.15, 0.2) is 11.8 Å². The molecular formula is C24H38N6O. The van der Waals surface area contributed by atoms with E-state index in [0.717, 1.165) is 42.9 Å². The molecule has 7 nitrogen and oxygen atoms in total. The zero-order valence-electron chi connectivity index (χ0n) is 19.7. The molecule has 1 aromatic heterocycles. The third-order valence-corrected chi connectivity index (χ3v) is 6.31. The Labute approximate surface area is 186 Å². The minimum absolute atomic E-state index is 0.411. The van der Waals surface area contributed by atoms with Crippen molar-refractivity contribution in [1.29, 1.82) is 0 Å². The number of nitrogens with zero attached hydrogens (tertiary/aromatic N) is 4. The summed E-state index contributed by atoms with van der Waals surface area (Å²) in [5.74, 6) is 4.22. The maximum atomic E-state index is 5.25. The van der Waals surface area contributed by atoms with Gasteiger partial charge in [0.25, 0.3) is 0 Å². The summed E-state index contributed by atoms with van der Waals surface area (Å²) in [6.45, 7) is 8.88. The van der Waals surface area contributed by atoms with Gasteiger partial charge in [-0.1, -0.05) is 32.4 Å². The van der Waals surface area contributed by atoms with Crippen molar-refractivity contribution < 1.29 is 4.74 Å². The van der Waals surface area contributed by atoms with Crippen LogP contribution in [0.1, 0.15) is 56.7 Å². The predicted molar refractivity (Wildman–Crippen MR) is 125 cm³/mol. The molecule has 0 amide bonds. The second kappa shape index (κ2) is 10.6. The largest absolute Gasteiger partial charge is 0.497 e. The maximum Gasteiger partial charge on any atom is 0.191 e. The van der Waals surface area contributed by atoms with Gasteiger partial charge >= 0.3 is 0 Å². The standard InChI is InChI=1S/C24H38N6O/c1-18(2)15-24(12-6-13-24)17-27-23(26-16-22-29-28-19(3)30(22)4)25-14-11-20-7-9-21(31-5)10-8-20/h7-10,18H,6,11-17H2,1-5H3,(H2,25,26,27). The first kappa shape index (κ1) is 23.1. The van der Waals surface area contributed by atoms with Gasteiger partial charge in [-0.15, -0.1) is 10.2 Å². The number of hydrogen-bond acceptors (Lipinski definition) is 4. The quantitative estimate of drug-likeness (QED) is 0.448. The number of ether oxygens (including phenoxy) is 1. The highest BCUT2D eigenvalue weighted by molar-refractivity contribution is 5.79. The lowest BCUT2D eigenvalue weighted by Crippen LogP contribution is -2.47. The van der Waals surface area contributed by atoms with Gasteiger partial charge in [-0.3, -0.25) is 0 Å². The van der Waals surface area contributed by atoms with E-state index in [4.69, 9.17) is 9.73 Å². The van der Waals surface area contributed by atoms with Crippen LogP contribution in [-0.2, 0) is 20.0 Å². The normalized spacial score (nSPS) is 15.6. The van der Waals surface area contributed by atoms with Gasteiger partial charge < -0.3 is 19.9 Å². The first-order valence-corrected chi connectivity index (χ1v) is 11.4. The zero-order valence-corrected chi connectivity index (χ0v) is 19.7. The van der Waals surface area contributed by atoms with Crippen LogP contribution in [-0.4, -0.2) is 40.9 Å². The molecule has 31 heavy (non-hydrogen) atoms. The molecule has 1 aliphatic carbocycles. The molecule has 7 heteroatoms. The molecule has 1 saturated carbocycles. The fraction of sp³-hybridized carbons (Fsp3) is 0.625. The van der Waals surface area contributed by atoms with Gasteiger partial charge in [0, 0.05) is 20.1 Å². The lowest BCUT2D eigenvalue weighted by Gasteiger charge is -2.43. The Morgan fingerprint density at radius 3 is 2.48 bits per heavy atom. The Balaban J connectivity index is 1.61. The molecule has 0 atom stereocenters. The minimum Gasteiger partial charge on any atom is -0.497 e. The van der Waals surface area contributed by atoms with Crippen molar-refractivity contribution in [3.8, 4) is 5.75 Å². The van der Waals surface area contributed by atoms with Gasteiger partial charge in [0.05, 0.1) is 7.11 Å². The average molecular weight is 427 g/mol. The van der Waals surface area contributed by atoms with E-state index in [9.17, 15) is 0 Å². The van der Waals surface area contributed by atoms with Crippen molar-refractivity contribution in [2.24, 2.45) is 23.4 Å². The molecule has 0 saturated heterocycles. The average Bonchev–Trinajstić information content (AvgIpc) is 3.05. The summed E-state index contributed by atoms with van der Waals surface area (Å²) in [5, 5.41) is 15.5. The number of aliphatic imine (C=N–C) groups is 1. The van der Waals surface area contributed by atoms with Crippen LogP contribution in [0.25, 0.3) is 0 Å². The molecule has 0 radical (unpaired) electrons. The van der Waals surface area contributed by atoms with Crippen LogP contribution in [0.15, 0.2) is 29.3 Å². The topological polar surface area (TPSA) is 76.4 Å². The van der Waals surface area contributed by atoms with Crippen LogP contribution in [0.2, 0.25) is 0 Å². The monoisotopic (exact) mass is 426 g/mol. The van der Waals surface area contributed by atoms with Crippen LogP contribution >= 0.6 is 0 Å². The molecule has 3 rings (SSSR count). The summed E-state index contributed by atoms with van der Waals surface area (Å²) in [6, 6.07) is 8.23. The molecule has 0 spiro atoms. The molecule has 1 aliphatic rings. The maximum absolute atomic E-state index is 5.25. The first-order chi connectivity index (χ1) is 14.9. The predicted octanol–water partition coefficient (Wildman–Crippen LogP) is 3.63.